The summed E-state index contributed by atoms with van der Waals surface area (Å²) in [6, 6.07) is 22.3. The second kappa shape index (κ2) is 7.51. The van der Waals surface area contributed by atoms with Crippen LogP contribution < -0.4 is 4.90 Å². The summed E-state index contributed by atoms with van der Waals surface area (Å²) in [7, 11) is 0. The van der Waals surface area contributed by atoms with Crippen LogP contribution in [-0.4, -0.2) is 42.0 Å². The smallest absolute Gasteiger partial charge is 0.289 e. The Hall–Kier alpha value is -3.47. The van der Waals surface area contributed by atoms with Gasteiger partial charge in [0.1, 0.15) is 5.76 Å². The molecular formula is C24H23N3O2. The number of carbonyl (C=O) groups is 1. The third-order valence-electron chi connectivity index (χ3n) is 5.57. The first-order valence-electron chi connectivity index (χ1n) is 10.0. The Morgan fingerprint density at radius 3 is 2.55 bits per heavy atom. The zero-order valence-electron chi connectivity index (χ0n) is 16.2. The van der Waals surface area contributed by atoms with Crippen molar-refractivity contribution in [2.24, 2.45) is 0 Å². The molecule has 0 bridgehead atoms. The average molecular weight is 385 g/mol. The fraction of sp³-hybridized carbons (Fsp3) is 0.208. The number of H-pyrrole nitrogens is 1. The molecule has 5 nitrogen and oxygen atoms in total. The molecule has 3 heterocycles. The normalized spacial score (nSPS) is 14.5. The number of amides is 1. The summed E-state index contributed by atoms with van der Waals surface area (Å²) in [6.45, 7) is 3.00. The van der Waals surface area contributed by atoms with E-state index in [1.807, 2.05) is 35.4 Å². The van der Waals surface area contributed by atoms with Crippen molar-refractivity contribution in [3.8, 4) is 0 Å². The molecule has 2 aromatic heterocycles. The van der Waals surface area contributed by atoms with Crippen LogP contribution >= 0.6 is 0 Å². The monoisotopic (exact) mass is 385 g/mol. The van der Waals surface area contributed by atoms with Gasteiger partial charge in [-0.3, -0.25) is 4.79 Å². The number of rotatable bonds is 4. The van der Waals surface area contributed by atoms with E-state index >= 15 is 0 Å². The number of nitrogens with one attached hydrogen (secondary N) is 1. The first-order valence-corrected chi connectivity index (χ1v) is 10.0. The number of hydrogen-bond acceptors (Lipinski definition) is 3. The summed E-state index contributed by atoms with van der Waals surface area (Å²) < 4.78 is 5.85. The minimum atomic E-state index is -0.0242. The molecule has 0 radical (unpaired) electrons. The van der Waals surface area contributed by atoms with Crippen molar-refractivity contribution in [1.29, 1.82) is 0 Å². The topological polar surface area (TPSA) is 52.5 Å². The number of nitrogens with zero attached hydrogens (tertiary/aromatic N) is 2. The van der Waals surface area contributed by atoms with Gasteiger partial charge in [-0.1, -0.05) is 36.4 Å². The largest absolute Gasteiger partial charge is 0.456 e. The number of anilines is 1. The lowest BCUT2D eigenvalue weighted by Crippen LogP contribution is -2.48. The molecule has 5 heteroatoms. The Morgan fingerprint density at radius 1 is 0.897 bits per heavy atom. The molecule has 0 saturated carbocycles. The predicted molar refractivity (Wildman–Crippen MR) is 114 cm³/mol. The molecule has 1 fully saturated rings. The zero-order valence-corrected chi connectivity index (χ0v) is 16.2. The summed E-state index contributed by atoms with van der Waals surface area (Å²) in [5.41, 5.74) is 3.54. The summed E-state index contributed by atoms with van der Waals surface area (Å²) in [5, 5.41) is 1.23. The summed E-state index contributed by atoms with van der Waals surface area (Å²) in [5.74, 6) is 1.22. The van der Waals surface area contributed by atoms with Crippen LogP contribution in [0.2, 0.25) is 0 Å². The first-order chi connectivity index (χ1) is 14.3. The van der Waals surface area contributed by atoms with Gasteiger partial charge in [-0.05, 0) is 35.9 Å². The summed E-state index contributed by atoms with van der Waals surface area (Å²) >= 11 is 0. The molecule has 1 saturated heterocycles. The van der Waals surface area contributed by atoms with E-state index in [0.29, 0.717) is 25.3 Å². The third kappa shape index (κ3) is 3.51. The molecule has 1 N–H and O–H groups in total. The van der Waals surface area contributed by atoms with Crippen molar-refractivity contribution in [3.05, 3.63) is 90.0 Å². The minimum absolute atomic E-state index is 0.0242. The Morgan fingerprint density at radius 2 is 1.72 bits per heavy atom. The summed E-state index contributed by atoms with van der Waals surface area (Å²) in [4.78, 5) is 20.4. The molecule has 146 valence electrons. The van der Waals surface area contributed by atoms with Crippen molar-refractivity contribution in [1.82, 2.24) is 9.88 Å². The highest BCUT2D eigenvalue weighted by Crippen LogP contribution is 2.27. The molecule has 0 atom stereocenters. The number of carbonyl (C=O) groups excluding carboxylic acids is 1. The molecule has 1 aliphatic rings. The van der Waals surface area contributed by atoms with E-state index in [-0.39, 0.29) is 5.91 Å². The number of furan rings is 1. The molecule has 0 unspecified atom stereocenters. The molecule has 29 heavy (non-hydrogen) atoms. The standard InChI is InChI=1S/C24H23N3O2/c28-24(23-10-9-19(29-23)17-18-5-2-1-3-6-18)27-15-13-26(14-16-27)22-8-4-7-21-20(22)11-12-25-21/h1-12,25H,13-17H2. The van der Waals surface area contributed by atoms with Crippen LogP contribution in [-0.2, 0) is 6.42 Å². The highest BCUT2D eigenvalue weighted by atomic mass is 16.4. The van der Waals surface area contributed by atoms with Crippen molar-refractivity contribution >= 4 is 22.5 Å². The van der Waals surface area contributed by atoms with Crippen LogP contribution in [0.3, 0.4) is 0 Å². The van der Waals surface area contributed by atoms with E-state index in [1.54, 1.807) is 6.07 Å². The van der Waals surface area contributed by atoms with Gasteiger partial charge in [-0.25, -0.2) is 0 Å². The molecule has 0 spiro atoms. The van der Waals surface area contributed by atoms with Crippen molar-refractivity contribution < 1.29 is 9.21 Å². The van der Waals surface area contributed by atoms with Gasteiger partial charge >= 0.3 is 0 Å². The molecular weight excluding hydrogens is 362 g/mol. The maximum atomic E-state index is 12.9. The quantitative estimate of drug-likeness (QED) is 0.569. The Labute approximate surface area is 169 Å². The maximum Gasteiger partial charge on any atom is 0.289 e. The molecule has 4 aromatic rings. The first kappa shape index (κ1) is 17.6. The Balaban J connectivity index is 1.24. The van der Waals surface area contributed by atoms with Gasteiger partial charge in [0.25, 0.3) is 5.91 Å². The van der Waals surface area contributed by atoms with E-state index in [9.17, 15) is 4.79 Å². The molecule has 1 amide bonds. The van der Waals surface area contributed by atoms with E-state index in [0.717, 1.165) is 24.4 Å². The zero-order chi connectivity index (χ0) is 19.6. The number of piperazine rings is 1. The van der Waals surface area contributed by atoms with Crippen LogP contribution in [0.1, 0.15) is 21.9 Å². The lowest BCUT2D eigenvalue weighted by Gasteiger charge is -2.36. The number of hydrogen-bond donors (Lipinski definition) is 1. The predicted octanol–water partition coefficient (Wildman–Crippen LogP) is 4.31. The number of fused-ring (bicyclic) bond motifs is 1. The molecule has 0 aliphatic carbocycles. The second-order valence-corrected chi connectivity index (χ2v) is 7.42. The Bertz CT molecular complexity index is 1120. The van der Waals surface area contributed by atoms with Gasteiger partial charge in [0.2, 0.25) is 0 Å². The van der Waals surface area contributed by atoms with Crippen LogP contribution in [0, 0.1) is 0 Å². The SMILES string of the molecule is O=C(c1ccc(Cc2ccccc2)o1)N1CCN(c2cccc3[nH]ccc23)CC1. The van der Waals surface area contributed by atoms with Gasteiger partial charge in [0.15, 0.2) is 5.76 Å². The highest BCUT2D eigenvalue weighted by Gasteiger charge is 2.25. The van der Waals surface area contributed by atoms with Crippen molar-refractivity contribution in [3.63, 3.8) is 0 Å². The lowest BCUT2D eigenvalue weighted by atomic mass is 10.1. The molecule has 5 rings (SSSR count). The van der Waals surface area contributed by atoms with Gasteiger partial charge in [0.05, 0.1) is 0 Å². The lowest BCUT2D eigenvalue weighted by molar-refractivity contribution is 0.0713. The summed E-state index contributed by atoms with van der Waals surface area (Å²) in [6.07, 6.45) is 2.67. The number of aromatic amines is 1. The van der Waals surface area contributed by atoms with E-state index in [4.69, 9.17) is 4.42 Å². The maximum absolute atomic E-state index is 12.9. The van der Waals surface area contributed by atoms with Crippen LogP contribution in [0.25, 0.3) is 10.9 Å². The second-order valence-electron chi connectivity index (χ2n) is 7.42. The number of aromatic nitrogens is 1. The fourth-order valence-corrected chi connectivity index (χ4v) is 4.04. The average Bonchev–Trinajstić information content (AvgIpc) is 3.43. The molecule has 1 aliphatic heterocycles. The van der Waals surface area contributed by atoms with E-state index in [1.165, 1.54) is 16.6 Å². The fourth-order valence-electron chi connectivity index (χ4n) is 4.04. The van der Waals surface area contributed by atoms with Crippen molar-refractivity contribution in [2.75, 3.05) is 31.1 Å². The van der Waals surface area contributed by atoms with Gasteiger partial charge in [-0.15, -0.1) is 0 Å². The van der Waals surface area contributed by atoms with Gasteiger partial charge in [-0.2, -0.15) is 0 Å². The van der Waals surface area contributed by atoms with Crippen LogP contribution in [0.5, 0.6) is 0 Å². The van der Waals surface area contributed by atoms with Crippen LogP contribution in [0.4, 0.5) is 5.69 Å². The van der Waals surface area contributed by atoms with E-state index in [2.05, 4.69) is 46.3 Å². The van der Waals surface area contributed by atoms with Crippen LogP contribution in [0.15, 0.2) is 77.3 Å². The number of benzene rings is 2. The third-order valence-corrected chi connectivity index (χ3v) is 5.57. The molecule has 2 aromatic carbocycles. The highest BCUT2D eigenvalue weighted by molar-refractivity contribution is 5.93. The van der Waals surface area contributed by atoms with Gasteiger partial charge in [0, 0.05) is 55.4 Å². The van der Waals surface area contributed by atoms with E-state index < -0.39 is 0 Å². The Kier molecular flexibility index (Phi) is 4.56. The minimum Gasteiger partial charge on any atom is -0.456 e. The van der Waals surface area contributed by atoms with Crippen molar-refractivity contribution in [2.45, 2.75) is 6.42 Å². The van der Waals surface area contributed by atoms with Gasteiger partial charge < -0.3 is 19.2 Å².